The topological polar surface area (TPSA) is 26.3 Å². The number of rotatable bonds is 4. The lowest BCUT2D eigenvalue weighted by Crippen LogP contribution is -2.17. The van der Waals surface area contributed by atoms with Crippen LogP contribution in [0.3, 0.4) is 0 Å². The van der Waals surface area contributed by atoms with Gasteiger partial charge in [0.15, 0.2) is 0 Å². The van der Waals surface area contributed by atoms with Gasteiger partial charge in [0.1, 0.15) is 6.10 Å². The molecule has 3 aromatic carbocycles. The summed E-state index contributed by atoms with van der Waals surface area (Å²) in [5.74, 6) is -0.440. The van der Waals surface area contributed by atoms with Crippen LogP contribution >= 0.6 is 0 Å². The van der Waals surface area contributed by atoms with Gasteiger partial charge in [0, 0.05) is 0 Å². The molecule has 2 nitrogen and oxygen atoms in total. The second kappa shape index (κ2) is 8.65. The normalized spacial score (nSPS) is 15.2. The molecule has 0 amide bonds. The Hall–Kier alpha value is -2.87. The molecule has 0 spiro atoms. The minimum Gasteiger partial charge on any atom is -0.457 e. The van der Waals surface area contributed by atoms with Gasteiger partial charge >= 0.3 is 5.97 Å². The van der Waals surface area contributed by atoms with Crippen molar-refractivity contribution < 1.29 is 9.53 Å². The zero-order valence-electron chi connectivity index (χ0n) is 17.2. The molecule has 0 saturated carbocycles. The second-order valence-electron chi connectivity index (χ2n) is 8.06. The minimum atomic E-state index is -0.270. The van der Waals surface area contributed by atoms with Crippen molar-refractivity contribution in [3.8, 4) is 0 Å². The predicted octanol–water partition coefficient (Wildman–Crippen LogP) is 5.98. The number of benzene rings is 3. The predicted molar refractivity (Wildman–Crippen MR) is 117 cm³/mol. The second-order valence-corrected chi connectivity index (χ2v) is 8.06. The van der Waals surface area contributed by atoms with Gasteiger partial charge in [-0.25, -0.2) is 0 Å². The fourth-order valence-electron chi connectivity index (χ4n) is 4.06. The van der Waals surface area contributed by atoms with Gasteiger partial charge in [-0.1, -0.05) is 72.8 Å². The molecule has 4 aliphatic carbocycles. The molecule has 0 N–H and O–H groups in total. The fraction of sp³-hybridized carbons (Fsp3) is 0.296. The average molecular weight is 385 g/mol. The standard InChI is InChI=1S/C27H28O2/c1-19(24-6-4-3-5-7-24)27(28)29-20(2)26-18-23-13-12-21-8-10-22(11-9-21)14-16-25(26)17-15-23/h3-11,15,17-20H,12-14,16H2,1-2H3. The van der Waals surface area contributed by atoms with Crippen molar-refractivity contribution >= 4 is 5.97 Å². The SMILES string of the molecule is CC(OC(=O)C(C)c1ccccc1)c1cc2ccc1CCc1ccc(cc1)CC2. The van der Waals surface area contributed by atoms with E-state index in [2.05, 4.69) is 42.5 Å². The van der Waals surface area contributed by atoms with E-state index in [0.717, 1.165) is 36.8 Å². The Kier molecular flexibility index (Phi) is 5.80. The van der Waals surface area contributed by atoms with E-state index in [1.54, 1.807) is 0 Å². The molecule has 0 fully saturated rings. The molecule has 4 bridgehead atoms. The quantitative estimate of drug-likeness (QED) is 0.517. The van der Waals surface area contributed by atoms with Crippen molar-refractivity contribution in [3.63, 3.8) is 0 Å². The van der Waals surface area contributed by atoms with Crippen LogP contribution in [0.25, 0.3) is 0 Å². The molecule has 0 heterocycles. The Morgan fingerprint density at radius 1 is 0.759 bits per heavy atom. The summed E-state index contributed by atoms with van der Waals surface area (Å²) in [5, 5.41) is 0. The van der Waals surface area contributed by atoms with Crippen LogP contribution < -0.4 is 0 Å². The van der Waals surface area contributed by atoms with Crippen LogP contribution in [0, 0.1) is 0 Å². The number of carbonyl (C=O) groups is 1. The number of hydrogen-bond acceptors (Lipinski definition) is 2. The Morgan fingerprint density at radius 3 is 2.03 bits per heavy atom. The van der Waals surface area contributed by atoms with E-state index in [1.165, 1.54) is 22.3 Å². The molecule has 0 aliphatic heterocycles. The highest BCUT2D eigenvalue weighted by atomic mass is 16.5. The van der Waals surface area contributed by atoms with Crippen LogP contribution in [0.15, 0.2) is 72.8 Å². The number of aryl methyl sites for hydroxylation is 4. The van der Waals surface area contributed by atoms with Crippen molar-refractivity contribution in [2.24, 2.45) is 0 Å². The fourth-order valence-corrected chi connectivity index (χ4v) is 4.06. The molecule has 3 aromatic rings. The summed E-state index contributed by atoms with van der Waals surface area (Å²) in [4.78, 5) is 12.8. The summed E-state index contributed by atoms with van der Waals surface area (Å²) < 4.78 is 5.93. The molecular weight excluding hydrogens is 356 g/mol. The van der Waals surface area contributed by atoms with Gasteiger partial charge < -0.3 is 4.74 Å². The zero-order chi connectivity index (χ0) is 20.2. The van der Waals surface area contributed by atoms with Crippen molar-refractivity contribution in [3.05, 3.63) is 106 Å². The van der Waals surface area contributed by atoms with Crippen molar-refractivity contribution in [2.75, 3.05) is 0 Å². The van der Waals surface area contributed by atoms with Crippen molar-refractivity contribution in [1.82, 2.24) is 0 Å². The lowest BCUT2D eigenvalue weighted by atomic mass is 9.91. The average Bonchev–Trinajstić information content (AvgIpc) is 2.75. The lowest BCUT2D eigenvalue weighted by Gasteiger charge is -2.21. The van der Waals surface area contributed by atoms with Crippen LogP contribution in [-0.4, -0.2) is 5.97 Å². The van der Waals surface area contributed by atoms with Crippen LogP contribution in [0.5, 0.6) is 0 Å². The van der Waals surface area contributed by atoms with E-state index in [0.29, 0.717) is 0 Å². The molecule has 7 rings (SSSR count). The molecule has 0 aromatic heterocycles. The van der Waals surface area contributed by atoms with E-state index >= 15 is 0 Å². The largest absolute Gasteiger partial charge is 0.457 e. The van der Waals surface area contributed by atoms with Gasteiger partial charge in [-0.05, 0) is 72.9 Å². The van der Waals surface area contributed by atoms with Crippen LogP contribution in [-0.2, 0) is 35.2 Å². The molecule has 0 radical (unpaired) electrons. The van der Waals surface area contributed by atoms with Gasteiger partial charge in [0.25, 0.3) is 0 Å². The smallest absolute Gasteiger partial charge is 0.313 e. The summed E-state index contributed by atoms with van der Waals surface area (Å²) in [6.07, 6.45) is 3.71. The Bertz CT molecular complexity index is 973. The van der Waals surface area contributed by atoms with Gasteiger partial charge in [0.05, 0.1) is 5.92 Å². The summed E-state index contributed by atoms with van der Waals surface area (Å²) in [6.45, 7) is 3.91. The summed E-state index contributed by atoms with van der Waals surface area (Å²) in [6, 6.07) is 25.5. The third-order valence-electron chi connectivity index (χ3n) is 6.00. The number of esters is 1. The highest BCUT2D eigenvalue weighted by Crippen LogP contribution is 2.28. The van der Waals surface area contributed by atoms with Gasteiger partial charge in [0.2, 0.25) is 0 Å². The van der Waals surface area contributed by atoms with Crippen molar-refractivity contribution in [1.29, 1.82) is 0 Å². The number of carbonyl (C=O) groups excluding carboxylic acids is 1. The molecule has 148 valence electrons. The van der Waals surface area contributed by atoms with Crippen LogP contribution in [0.1, 0.15) is 59.3 Å². The third-order valence-corrected chi connectivity index (χ3v) is 6.00. The molecule has 2 atom stereocenters. The first kappa shape index (κ1) is 19.4. The first-order valence-electron chi connectivity index (χ1n) is 10.5. The molecule has 2 unspecified atom stereocenters. The number of hydrogen-bond donors (Lipinski definition) is 0. The maximum absolute atomic E-state index is 12.8. The number of ether oxygens (including phenoxy) is 1. The zero-order valence-corrected chi connectivity index (χ0v) is 17.2. The highest BCUT2D eigenvalue weighted by Gasteiger charge is 2.22. The molecule has 0 saturated heterocycles. The van der Waals surface area contributed by atoms with E-state index in [-0.39, 0.29) is 18.0 Å². The van der Waals surface area contributed by atoms with E-state index in [9.17, 15) is 4.79 Å². The summed E-state index contributed by atoms with van der Waals surface area (Å²) in [7, 11) is 0. The Morgan fingerprint density at radius 2 is 1.34 bits per heavy atom. The molecular formula is C27H28O2. The van der Waals surface area contributed by atoms with E-state index in [4.69, 9.17) is 4.74 Å². The van der Waals surface area contributed by atoms with E-state index < -0.39 is 0 Å². The lowest BCUT2D eigenvalue weighted by molar-refractivity contribution is -0.150. The summed E-state index contributed by atoms with van der Waals surface area (Å²) >= 11 is 0. The van der Waals surface area contributed by atoms with Crippen LogP contribution in [0.4, 0.5) is 0 Å². The van der Waals surface area contributed by atoms with Gasteiger partial charge in [-0.15, -0.1) is 0 Å². The first-order chi connectivity index (χ1) is 14.1. The Balaban J connectivity index is 1.55. The Labute approximate surface area is 173 Å². The maximum Gasteiger partial charge on any atom is 0.313 e. The van der Waals surface area contributed by atoms with Crippen molar-refractivity contribution in [2.45, 2.75) is 51.6 Å². The highest BCUT2D eigenvalue weighted by molar-refractivity contribution is 5.78. The maximum atomic E-state index is 12.8. The first-order valence-corrected chi connectivity index (χ1v) is 10.5. The molecule has 29 heavy (non-hydrogen) atoms. The monoisotopic (exact) mass is 384 g/mol. The molecule has 2 heteroatoms. The van der Waals surface area contributed by atoms with Crippen LogP contribution in [0.2, 0.25) is 0 Å². The molecule has 4 aliphatic rings. The van der Waals surface area contributed by atoms with Gasteiger partial charge in [-0.2, -0.15) is 0 Å². The minimum absolute atomic E-state index is 0.170. The third kappa shape index (κ3) is 4.59. The summed E-state index contributed by atoms with van der Waals surface area (Å²) in [5.41, 5.74) is 7.43. The van der Waals surface area contributed by atoms with Gasteiger partial charge in [-0.3, -0.25) is 4.79 Å². The van der Waals surface area contributed by atoms with E-state index in [1.807, 2.05) is 44.2 Å².